The van der Waals surface area contributed by atoms with E-state index in [0.717, 1.165) is 0 Å². The molecule has 0 spiro atoms. The molecule has 0 aromatic carbocycles. The second-order valence-corrected chi connectivity index (χ2v) is 5.21. The molecule has 0 fully saturated rings. The molecule has 6 heteroatoms. The van der Waals surface area contributed by atoms with Gasteiger partial charge in [-0.3, -0.25) is 0 Å². The van der Waals surface area contributed by atoms with Crippen LogP contribution in [0.25, 0.3) is 0 Å². The van der Waals surface area contributed by atoms with E-state index in [1.54, 1.807) is 14.2 Å². The van der Waals surface area contributed by atoms with Crippen molar-refractivity contribution in [1.29, 1.82) is 0 Å². The lowest BCUT2D eigenvalue weighted by Crippen LogP contribution is -2.38. The summed E-state index contributed by atoms with van der Waals surface area (Å²) in [5.74, 6) is 0. The third-order valence-electron chi connectivity index (χ3n) is 1.68. The van der Waals surface area contributed by atoms with Crippen LogP contribution in [-0.2, 0) is 14.9 Å². The van der Waals surface area contributed by atoms with Crippen molar-refractivity contribution in [3.8, 4) is 0 Å². The molecule has 0 atom stereocenters. The highest BCUT2D eigenvalue weighted by Gasteiger charge is 2.19. The van der Waals surface area contributed by atoms with Crippen LogP contribution in [0.4, 0.5) is 0 Å². The first kappa shape index (κ1) is 12.8. The van der Waals surface area contributed by atoms with E-state index in [4.69, 9.17) is 4.74 Å². The molecule has 0 aliphatic rings. The summed E-state index contributed by atoms with van der Waals surface area (Å²) >= 11 is 0. The zero-order valence-electron chi connectivity index (χ0n) is 8.65. The molecule has 0 bridgehead atoms. The summed E-state index contributed by atoms with van der Waals surface area (Å²) in [6.45, 7) is 1.06. The maximum atomic E-state index is 11.4. The molecular weight excluding hydrogens is 192 g/mol. The maximum absolute atomic E-state index is 11.4. The molecule has 0 aliphatic heterocycles. The quantitative estimate of drug-likeness (QED) is 0.569. The summed E-state index contributed by atoms with van der Waals surface area (Å²) in [5.41, 5.74) is 0. The minimum Gasteiger partial charge on any atom is -0.385 e. The van der Waals surface area contributed by atoms with Crippen LogP contribution in [-0.4, -0.2) is 58.4 Å². The third kappa shape index (κ3) is 4.04. The second kappa shape index (κ2) is 5.54. The smallest absolute Gasteiger partial charge is 0.281 e. The van der Waals surface area contributed by atoms with E-state index in [0.29, 0.717) is 19.6 Å². The fraction of sp³-hybridized carbons (Fsp3) is 1.00. The number of methoxy groups -OCH3 is 1. The molecular formula is C7H18N2O3S. The van der Waals surface area contributed by atoms with Crippen LogP contribution >= 0.6 is 0 Å². The van der Waals surface area contributed by atoms with Gasteiger partial charge in [-0.05, 0) is 6.42 Å². The van der Waals surface area contributed by atoms with E-state index in [-0.39, 0.29) is 0 Å². The number of ether oxygens (including phenoxy) is 1. The Bertz CT molecular complexity index is 226. The van der Waals surface area contributed by atoms with Crippen LogP contribution in [0.2, 0.25) is 0 Å². The lowest BCUT2D eigenvalue weighted by atomic mass is 10.5. The highest BCUT2D eigenvalue weighted by molar-refractivity contribution is 7.86. The second-order valence-electron chi connectivity index (χ2n) is 2.96. The van der Waals surface area contributed by atoms with Crippen LogP contribution in [0.5, 0.6) is 0 Å². The minimum absolute atomic E-state index is 0.481. The van der Waals surface area contributed by atoms with Gasteiger partial charge in [-0.2, -0.15) is 17.0 Å². The number of rotatable bonds is 6. The Labute approximate surface area is 80.5 Å². The fourth-order valence-corrected chi connectivity index (χ4v) is 1.74. The van der Waals surface area contributed by atoms with Gasteiger partial charge in [-0.15, -0.1) is 0 Å². The van der Waals surface area contributed by atoms with Crippen LogP contribution in [0.1, 0.15) is 6.42 Å². The van der Waals surface area contributed by atoms with E-state index >= 15 is 0 Å². The van der Waals surface area contributed by atoms with Gasteiger partial charge in [-0.25, -0.2) is 0 Å². The van der Waals surface area contributed by atoms with Gasteiger partial charge in [0.1, 0.15) is 0 Å². The average Bonchev–Trinajstić information content (AvgIpc) is 2.04. The molecule has 0 N–H and O–H groups in total. The summed E-state index contributed by atoms with van der Waals surface area (Å²) in [5, 5.41) is 0. The Kier molecular flexibility index (Phi) is 5.46. The Morgan fingerprint density at radius 2 is 1.77 bits per heavy atom. The molecule has 0 unspecified atom stereocenters. The number of hydrogen-bond donors (Lipinski definition) is 0. The van der Waals surface area contributed by atoms with Crippen LogP contribution in [0.15, 0.2) is 0 Å². The molecule has 0 aliphatic carbocycles. The molecule has 0 rings (SSSR count). The van der Waals surface area contributed by atoms with E-state index in [2.05, 4.69) is 0 Å². The van der Waals surface area contributed by atoms with Crippen LogP contribution in [0.3, 0.4) is 0 Å². The van der Waals surface area contributed by atoms with Gasteiger partial charge in [0.05, 0.1) is 0 Å². The maximum Gasteiger partial charge on any atom is 0.281 e. The minimum atomic E-state index is -3.25. The summed E-state index contributed by atoms with van der Waals surface area (Å²) in [6.07, 6.45) is 0.708. The molecule has 0 radical (unpaired) electrons. The zero-order valence-corrected chi connectivity index (χ0v) is 9.47. The lowest BCUT2D eigenvalue weighted by Gasteiger charge is -2.20. The van der Waals surface area contributed by atoms with E-state index in [1.165, 1.54) is 22.7 Å². The summed E-state index contributed by atoms with van der Waals surface area (Å²) in [6, 6.07) is 0. The van der Waals surface area contributed by atoms with Gasteiger partial charge in [-0.1, -0.05) is 0 Å². The molecule has 0 amide bonds. The summed E-state index contributed by atoms with van der Waals surface area (Å²) in [7, 11) is 2.94. The molecule has 5 nitrogen and oxygen atoms in total. The Hall–Kier alpha value is -0.170. The molecule has 0 aromatic heterocycles. The molecule has 0 aromatic rings. The van der Waals surface area contributed by atoms with E-state index in [9.17, 15) is 8.42 Å². The Balaban J connectivity index is 4.03. The first-order valence-corrected chi connectivity index (χ1v) is 5.45. The van der Waals surface area contributed by atoms with Crippen molar-refractivity contribution in [2.75, 3.05) is 41.4 Å². The van der Waals surface area contributed by atoms with Crippen molar-refractivity contribution in [2.24, 2.45) is 0 Å². The van der Waals surface area contributed by atoms with Crippen molar-refractivity contribution < 1.29 is 13.2 Å². The monoisotopic (exact) mass is 210 g/mol. The highest BCUT2D eigenvalue weighted by atomic mass is 32.2. The predicted molar refractivity (Wildman–Crippen MR) is 51.7 cm³/mol. The Morgan fingerprint density at radius 3 is 2.15 bits per heavy atom. The van der Waals surface area contributed by atoms with Gasteiger partial charge in [0.15, 0.2) is 0 Å². The summed E-state index contributed by atoms with van der Waals surface area (Å²) in [4.78, 5) is 0. The van der Waals surface area contributed by atoms with Crippen molar-refractivity contribution in [3.05, 3.63) is 0 Å². The lowest BCUT2D eigenvalue weighted by molar-refractivity contribution is 0.189. The number of hydrogen-bond acceptors (Lipinski definition) is 3. The largest absolute Gasteiger partial charge is 0.385 e. The fourth-order valence-electron chi connectivity index (χ4n) is 0.826. The molecule has 80 valence electrons. The normalized spacial score (nSPS) is 12.8. The first-order valence-electron chi connectivity index (χ1n) is 4.05. The van der Waals surface area contributed by atoms with E-state index in [1.807, 2.05) is 0 Å². The van der Waals surface area contributed by atoms with E-state index < -0.39 is 10.2 Å². The Morgan fingerprint density at radius 1 is 1.23 bits per heavy atom. The average molecular weight is 210 g/mol. The van der Waals surface area contributed by atoms with Gasteiger partial charge in [0.25, 0.3) is 10.2 Å². The molecule has 0 heterocycles. The highest BCUT2D eigenvalue weighted by Crippen LogP contribution is 2.01. The third-order valence-corrected chi connectivity index (χ3v) is 3.57. The van der Waals surface area contributed by atoms with Gasteiger partial charge >= 0.3 is 0 Å². The van der Waals surface area contributed by atoms with Gasteiger partial charge < -0.3 is 4.74 Å². The van der Waals surface area contributed by atoms with Crippen molar-refractivity contribution in [2.45, 2.75) is 6.42 Å². The first-order chi connectivity index (χ1) is 5.92. The SMILES string of the molecule is COCCCN(C)S(=O)(=O)N(C)C. The van der Waals surface area contributed by atoms with Crippen LogP contribution in [0, 0.1) is 0 Å². The topological polar surface area (TPSA) is 49.9 Å². The van der Waals surface area contributed by atoms with Crippen molar-refractivity contribution >= 4 is 10.2 Å². The van der Waals surface area contributed by atoms with Crippen molar-refractivity contribution in [1.82, 2.24) is 8.61 Å². The standard InChI is InChI=1S/C7H18N2O3S/c1-8(2)13(10,11)9(3)6-5-7-12-4/h5-7H2,1-4H3. The summed E-state index contributed by atoms with van der Waals surface area (Å²) < 4.78 is 30.2. The number of nitrogens with zero attached hydrogens (tertiary/aromatic N) is 2. The molecule has 0 saturated carbocycles. The van der Waals surface area contributed by atoms with Gasteiger partial charge in [0.2, 0.25) is 0 Å². The van der Waals surface area contributed by atoms with Crippen LogP contribution < -0.4 is 0 Å². The zero-order chi connectivity index (χ0) is 10.5. The van der Waals surface area contributed by atoms with Gasteiger partial charge in [0, 0.05) is 41.4 Å². The molecule has 13 heavy (non-hydrogen) atoms. The predicted octanol–water partition coefficient (Wildman–Crippen LogP) is -0.239. The van der Waals surface area contributed by atoms with Crippen molar-refractivity contribution in [3.63, 3.8) is 0 Å². The molecule has 0 saturated heterocycles.